The summed E-state index contributed by atoms with van der Waals surface area (Å²) in [6.45, 7) is 5.53. The molecule has 1 unspecified atom stereocenters. The fourth-order valence-electron chi connectivity index (χ4n) is 3.61. The van der Waals surface area contributed by atoms with Gasteiger partial charge in [-0.2, -0.15) is 0 Å². The summed E-state index contributed by atoms with van der Waals surface area (Å²) < 4.78 is 33.2. The van der Waals surface area contributed by atoms with Crippen LogP contribution in [0.4, 0.5) is 5.69 Å². The van der Waals surface area contributed by atoms with Crippen molar-refractivity contribution in [3.63, 3.8) is 0 Å². The van der Waals surface area contributed by atoms with Gasteiger partial charge >= 0.3 is 0 Å². The molecule has 3 rings (SSSR count). The second kappa shape index (κ2) is 9.87. The van der Waals surface area contributed by atoms with Crippen LogP contribution >= 0.6 is 0 Å². The van der Waals surface area contributed by atoms with E-state index in [1.165, 1.54) is 19.2 Å². The van der Waals surface area contributed by atoms with Crippen molar-refractivity contribution in [2.75, 3.05) is 18.0 Å². The number of aryl methyl sites for hydroxylation is 2. The summed E-state index contributed by atoms with van der Waals surface area (Å²) in [5, 5.41) is 2.93. The highest BCUT2D eigenvalue weighted by Crippen LogP contribution is 2.27. The molecule has 32 heavy (non-hydrogen) atoms. The number of carbonyl (C=O) groups excluding carboxylic acids is 1. The quantitative estimate of drug-likeness (QED) is 0.550. The molecule has 1 atom stereocenters. The largest absolute Gasteiger partial charge is 0.497 e. The van der Waals surface area contributed by atoms with Crippen LogP contribution in [-0.4, -0.2) is 28.0 Å². The highest BCUT2D eigenvalue weighted by atomic mass is 32.2. The Morgan fingerprint density at radius 2 is 1.72 bits per heavy atom. The number of methoxy groups -OCH3 is 1. The van der Waals surface area contributed by atoms with Crippen LogP contribution in [0.5, 0.6) is 5.75 Å². The Morgan fingerprint density at radius 1 is 1.00 bits per heavy atom. The molecule has 1 amide bonds. The minimum Gasteiger partial charge on any atom is -0.497 e. The van der Waals surface area contributed by atoms with Gasteiger partial charge in [0.25, 0.3) is 10.0 Å². The zero-order valence-electron chi connectivity index (χ0n) is 18.7. The summed E-state index contributed by atoms with van der Waals surface area (Å²) in [7, 11) is -2.46. The van der Waals surface area contributed by atoms with E-state index < -0.39 is 15.9 Å². The topological polar surface area (TPSA) is 75.7 Å². The number of benzene rings is 3. The summed E-state index contributed by atoms with van der Waals surface area (Å²) >= 11 is 0. The van der Waals surface area contributed by atoms with Gasteiger partial charge in [0, 0.05) is 6.07 Å². The molecule has 0 aliphatic rings. The van der Waals surface area contributed by atoms with Gasteiger partial charge in [-0.1, -0.05) is 48.0 Å². The Balaban J connectivity index is 1.90. The third kappa shape index (κ3) is 5.29. The predicted octanol–water partition coefficient (Wildman–Crippen LogP) is 4.38. The zero-order chi connectivity index (χ0) is 23.3. The molecule has 0 aromatic heterocycles. The molecule has 0 fully saturated rings. The average Bonchev–Trinajstić information content (AvgIpc) is 2.77. The number of nitrogens with one attached hydrogen (secondary N) is 1. The molecule has 0 spiro atoms. The highest BCUT2D eigenvalue weighted by Gasteiger charge is 2.28. The Morgan fingerprint density at radius 3 is 2.38 bits per heavy atom. The number of nitrogens with zero attached hydrogens (tertiary/aromatic N) is 1. The first-order chi connectivity index (χ1) is 15.2. The number of hydrogen-bond donors (Lipinski definition) is 1. The van der Waals surface area contributed by atoms with Gasteiger partial charge in [0.1, 0.15) is 12.3 Å². The van der Waals surface area contributed by atoms with E-state index in [4.69, 9.17) is 4.74 Å². The van der Waals surface area contributed by atoms with E-state index in [0.717, 1.165) is 21.0 Å². The second-order valence-corrected chi connectivity index (χ2v) is 9.54. The molecule has 3 aromatic carbocycles. The third-order valence-corrected chi connectivity index (χ3v) is 7.02. The standard InChI is InChI=1S/C25H28N2O4S/c1-18-13-14-24(19(2)15-18)20(3)26-25(28)17-27(21-9-8-10-22(16-21)31-4)32(29,30)23-11-6-5-7-12-23/h5-16,20H,17H2,1-4H3,(H,26,28). The van der Waals surface area contributed by atoms with Gasteiger partial charge in [0.15, 0.2) is 0 Å². The van der Waals surface area contributed by atoms with Crippen LogP contribution in [-0.2, 0) is 14.8 Å². The molecule has 168 valence electrons. The molecule has 0 aliphatic heterocycles. The van der Waals surface area contributed by atoms with Crippen molar-refractivity contribution in [1.29, 1.82) is 0 Å². The van der Waals surface area contributed by atoms with Crippen molar-refractivity contribution in [2.24, 2.45) is 0 Å². The zero-order valence-corrected chi connectivity index (χ0v) is 19.5. The van der Waals surface area contributed by atoms with E-state index in [1.54, 1.807) is 42.5 Å². The van der Waals surface area contributed by atoms with Crippen LogP contribution in [0.15, 0.2) is 77.7 Å². The summed E-state index contributed by atoms with van der Waals surface area (Å²) in [6.07, 6.45) is 0. The van der Waals surface area contributed by atoms with Crippen molar-refractivity contribution in [3.8, 4) is 5.75 Å². The fourth-order valence-corrected chi connectivity index (χ4v) is 5.04. The van der Waals surface area contributed by atoms with Crippen molar-refractivity contribution < 1.29 is 17.9 Å². The van der Waals surface area contributed by atoms with Crippen molar-refractivity contribution >= 4 is 21.6 Å². The van der Waals surface area contributed by atoms with Gasteiger partial charge in [-0.15, -0.1) is 0 Å². The van der Waals surface area contributed by atoms with E-state index in [1.807, 2.05) is 32.9 Å². The SMILES string of the molecule is COc1cccc(N(CC(=O)NC(C)c2ccc(C)cc2C)S(=O)(=O)c2ccccc2)c1. The number of amides is 1. The lowest BCUT2D eigenvalue weighted by molar-refractivity contribution is -0.120. The lowest BCUT2D eigenvalue weighted by Gasteiger charge is -2.25. The minimum atomic E-state index is -3.97. The normalized spacial score (nSPS) is 12.1. The summed E-state index contributed by atoms with van der Waals surface area (Å²) in [6, 6.07) is 20.5. The lowest BCUT2D eigenvalue weighted by Crippen LogP contribution is -2.41. The third-order valence-electron chi connectivity index (χ3n) is 5.23. The van der Waals surface area contributed by atoms with Gasteiger partial charge in [-0.25, -0.2) is 8.42 Å². The van der Waals surface area contributed by atoms with E-state index in [2.05, 4.69) is 11.4 Å². The molecule has 0 heterocycles. The van der Waals surface area contributed by atoms with Crippen LogP contribution in [0.25, 0.3) is 0 Å². The number of rotatable bonds is 8. The Kier molecular flexibility index (Phi) is 7.20. The monoisotopic (exact) mass is 452 g/mol. The number of ether oxygens (including phenoxy) is 1. The molecule has 7 heteroatoms. The summed E-state index contributed by atoms with van der Waals surface area (Å²) in [4.78, 5) is 13.1. The molecule has 0 aliphatic carbocycles. The second-order valence-electron chi connectivity index (χ2n) is 7.68. The van der Waals surface area contributed by atoms with Crippen molar-refractivity contribution in [1.82, 2.24) is 5.32 Å². The number of hydrogen-bond acceptors (Lipinski definition) is 4. The average molecular weight is 453 g/mol. The summed E-state index contributed by atoms with van der Waals surface area (Å²) in [5.41, 5.74) is 3.55. The van der Waals surface area contributed by atoms with E-state index >= 15 is 0 Å². The Labute approximate surface area is 189 Å². The van der Waals surface area contributed by atoms with Crippen LogP contribution < -0.4 is 14.4 Å². The van der Waals surface area contributed by atoms with Gasteiger partial charge < -0.3 is 10.1 Å². The molecule has 0 saturated carbocycles. The molecular weight excluding hydrogens is 424 g/mol. The minimum absolute atomic E-state index is 0.109. The van der Waals surface area contributed by atoms with Crippen LogP contribution in [0.3, 0.4) is 0 Å². The van der Waals surface area contributed by atoms with Crippen molar-refractivity contribution in [3.05, 3.63) is 89.5 Å². The number of carbonyl (C=O) groups is 1. The maximum Gasteiger partial charge on any atom is 0.264 e. The van der Waals surface area contributed by atoms with Gasteiger partial charge in [0.2, 0.25) is 5.91 Å². The predicted molar refractivity (Wildman–Crippen MR) is 126 cm³/mol. The Hall–Kier alpha value is -3.32. The molecule has 0 saturated heterocycles. The van der Waals surface area contributed by atoms with E-state index in [0.29, 0.717) is 11.4 Å². The van der Waals surface area contributed by atoms with Gasteiger partial charge in [0.05, 0.1) is 23.7 Å². The van der Waals surface area contributed by atoms with Crippen LogP contribution in [0, 0.1) is 13.8 Å². The molecule has 6 nitrogen and oxygen atoms in total. The first kappa shape index (κ1) is 23.3. The molecular formula is C25H28N2O4S. The highest BCUT2D eigenvalue weighted by molar-refractivity contribution is 7.92. The first-order valence-corrected chi connectivity index (χ1v) is 11.7. The molecule has 3 aromatic rings. The lowest BCUT2D eigenvalue weighted by atomic mass is 10.0. The molecule has 0 radical (unpaired) electrons. The van der Waals surface area contributed by atoms with Gasteiger partial charge in [-0.05, 0) is 56.2 Å². The van der Waals surface area contributed by atoms with Crippen LogP contribution in [0.1, 0.15) is 29.7 Å². The fraction of sp³-hybridized carbons (Fsp3) is 0.240. The van der Waals surface area contributed by atoms with E-state index in [9.17, 15) is 13.2 Å². The molecule has 1 N–H and O–H groups in total. The number of anilines is 1. The summed E-state index contributed by atoms with van der Waals surface area (Å²) in [5.74, 6) is 0.0969. The smallest absolute Gasteiger partial charge is 0.264 e. The Bertz CT molecular complexity index is 1190. The van der Waals surface area contributed by atoms with E-state index in [-0.39, 0.29) is 17.5 Å². The number of sulfonamides is 1. The maximum absolute atomic E-state index is 13.4. The van der Waals surface area contributed by atoms with Crippen molar-refractivity contribution in [2.45, 2.75) is 31.7 Å². The van der Waals surface area contributed by atoms with Gasteiger partial charge in [-0.3, -0.25) is 9.10 Å². The first-order valence-electron chi connectivity index (χ1n) is 10.3. The maximum atomic E-state index is 13.4. The van der Waals surface area contributed by atoms with Crippen LogP contribution in [0.2, 0.25) is 0 Å². The molecule has 0 bridgehead atoms.